The van der Waals surface area contributed by atoms with Gasteiger partial charge in [0.25, 0.3) is 10.0 Å². The first-order valence-corrected chi connectivity index (χ1v) is 10.5. The van der Waals surface area contributed by atoms with Gasteiger partial charge in [0.2, 0.25) is 5.91 Å². The summed E-state index contributed by atoms with van der Waals surface area (Å²) in [6.45, 7) is 5.46. The van der Waals surface area contributed by atoms with Crippen molar-refractivity contribution in [2.45, 2.75) is 38.1 Å². The van der Waals surface area contributed by atoms with Gasteiger partial charge in [-0.2, -0.15) is 0 Å². The molecule has 5 nitrogen and oxygen atoms in total. The smallest absolute Gasteiger partial charge is 0.261 e. The van der Waals surface area contributed by atoms with Gasteiger partial charge in [0.05, 0.1) is 4.90 Å². The van der Waals surface area contributed by atoms with Crippen molar-refractivity contribution in [3.63, 3.8) is 0 Å². The average Bonchev–Trinajstić information content (AvgIpc) is 2.85. The molecule has 1 amide bonds. The third-order valence-corrected chi connectivity index (χ3v) is 6.88. The number of carbonyl (C=O) groups is 1. The fraction of sp³-hybridized carbons (Fsp3) is 0.278. The van der Waals surface area contributed by atoms with E-state index < -0.39 is 10.0 Å². The number of halogens is 1. The number of aryl methyl sites for hydroxylation is 1. The Balaban J connectivity index is 1.93. The second-order valence-corrected chi connectivity index (χ2v) is 9.15. The van der Waals surface area contributed by atoms with E-state index in [0.717, 1.165) is 20.4 Å². The molecule has 25 heavy (non-hydrogen) atoms. The number of amides is 1. The summed E-state index contributed by atoms with van der Waals surface area (Å²) < 4.78 is 29.0. The Morgan fingerprint density at radius 2 is 1.96 bits per heavy atom. The quantitative estimate of drug-likeness (QED) is 0.696. The van der Waals surface area contributed by atoms with Crippen LogP contribution in [0.5, 0.6) is 0 Å². The highest BCUT2D eigenvalue weighted by atomic mass is 127. The Bertz CT molecular complexity index is 957. The largest absolute Gasteiger partial charge is 0.309 e. The van der Waals surface area contributed by atoms with Crippen LogP contribution >= 0.6 is 22.6 Å². The zero-order valence-electron chi connectivity index (χ0n) is 14.2. The molecule has 1 atom stereocenters. The zero-order valence-corrected chi connectivity index (χ0v) is 17.2. The molecule has 3 rings (SSSR count). The number of hydrogen-bond acceptors (Lipinski definition) is 3. The van der Waals surface area contributed by atoms with Gasteiger partial charge in [0.1, 0.15) is 0 Å². The van der Waals surface area contributed by atoms with Crippen molar-refractivity contribution in [1.29, 1.82) is 0 Å². The maximum absolute atomic E-state index is 12.7. The van der Waals surface area contributed by atoms with Crippen LogP contribution in [0.15, 0.2) is 41.3 Å². The van der Waals surface area contributed by atoms with Gasteiger partial charge in [0, 0.05) is 27.9 Å². The number of anilines is 2. The summed E-state index contributed by atoms with van der Waals surface area (Å²) in [5.74, 6) is -0.0331. The minimum Gasteiger partial charge on any atom is -0.309 e. The van der Waals surface area contributed by atoms with Gasteiger partial charge in [-0.1, -0.05) is 6.07 Å². The molecule has 0 saturated carbocycles. The van der Waals surface area contributed by atoms with Crippen LogP contribution in [0.3, 0.4) is 0 Å². The van der Waals surface area contributed by atoms with E-state index in [1.807, 2.05) is 19.9 Å². The van der Waals surface area contributed by atoms with E-state index in [0.29, 0.717) is 12.1 Å². The molecule has 1 aliphatic heterocycles. The molecular formula is C18H19IN2O3S. The van der Waals surface area contributed by atoms with Crippen LogP contribution in [0, 0.1) is 10.5 Å². The highest BCUT2D eigenvalue weighted by Gasteiger charge is 2.30. The van der Waals surface area contributed by atoms with E-state index in [9.17, 15) is 13.2 Å². The summed E-state index contributed by atoms with van der Waals surface area (Å²) in [5.41, 5.74) is 3.31. The lowest BCUT2D eigenvalue weighted by Gasteiger charge is -2.20. The molecule has 2 aromatic carbocycles. The summed E-state index contributed by atoms with van der Waals surface area (Å²) in [4.78, 5) is 13.7. The standard InChI is InChI=1S/C18H19IN2O3S/c1-11-4-5-15(10-17(11)19)20-25(23,24)16-6-7-18-14(9-16)8-12(2)21(18)13(3)22/h4-7,9-10,12,20H,8H2,1-3H3. The Kier molecular flexibility index (Phi) is 4.80. The monoisotopic (exact) mass is 470 g/mol. The molecule has 7 heteroatoms. The maximum atomic E-state index is 12.7. The summed E-state index contributed by atoms with van der Waals surface area (Å²) in [6.07, 6.45) is 0.653. The summed E-state index contributed by atoms with van der Waals surface area (Å²) >= 11 is 2.18. The van der Waals surface area contributed by atoms with E-state index in [2.05, 4.69) is 27.3 Å². The van der Waals surface area contributed by atoms with Crippen LogP contribution in [0.2, 0.25) is 0 Å². The van der Waals surface area contributed by atoms with E-state index in [1.54, 1.807) is 35.2 Å². The lowest BCUT2D eigenvalue weighted by Crippen LogP contribution is -2.33. The van der Waals surface area contributed by atoms with Crippen molar-refractivity contribution < 1.29 is 13.2 Å². The molecular weight excluding hydrogens is 451 g/mol. The third kappa shape index (κ3) is 3.52. The molecule has 0 bridgehead atoms. The predicted molar refractivity (Wildman–Crippen MR) is 107 cm³/mol. The van der Waals surface area contributed by atoms with Gasteiger partial charge in [-0.3, -0.25) is 9.52 Å². The Labute approximate surface area is 161 Å². The molecule has 0 aromatic heterocycles. The molecule has 0 aliphatic carbocycles. The van der Waals surface area contributed by atoms with Crippen LogP contribution in [0.25, 0.3) is 0 Å². The molecule has 1 aliphatic rings. The molecule has 0 fully saturated rings. The van der Waals surface area contributed by atoms with Crippen LogP contribution in [0.4, 0.5) is 11.4 Å². The zero-order chi connectivity index (χ0) is 18.4. The van der Waals surface area contributed by atoms with E-state index in [4.69, 9.17) is 0 Å². The summed E-state index contributed by atoms with van der Waals surface area (Å²) in [6, 6.07) is 10.4. The van der Waals surface area contributed by atoms with Gasteiger partial charge in [0.15, 0.2) is 0 Å². The topological polar surface area (TPSA) is 66.5 Å². The second kappa shape index (κ2) is 6.60. The van der Waals surface area contributed by atoms with Gasteiger partial charge in [-0.25, -0.2) is 8.42 Å². The van der Waals surface area contributed by atoms with Crippen molar-refractivity contribution in [3.05, 3.63) is 51.1 Å². The number of nitrogens with one attached hydrogen (secondary N) is 1. The van der Waals surface area contributed by atoms with Crippen LogP contribution in [-0.4, -0.2) is 20.4 Å². The highest BCUT2D eigenvalue weighted by molar-refractivity contribution is 14.1. The summed E-state index contributed by atoms with van der Waals surface area (Å²) in [7, 11) is -3.68. The molecule has 1 N–H and O–H groups in total. The van der Waals surface area contributed by atoms with Crippen molar-refractivity contribution in [2.24, 2.45) is 0 Å². The molecule has 0 saturated heterocycles. The fourth-order valence-electron chi connectivity index (χ4n) is 3.12. The first kappa shape index (κ1) is 18.2. The first-order chi connectivity index (χ1) is 11.7. The normalized spacial score (nSPS) is 16.6. The maximum Gasteiger partial charge on any atom is 0.261 e. The van der Waals surface area contributed by atoms with E-state index >= 15 is 0 Å². The summed E-state index contributed by atoms with van der Waals surface area (Å²) in [5, 5.41) is 0. The minimum absolute atomic E-state index is 0.0331. The highest BCUT2D eigenvalue weighted by Crippen LogP contribution is 2.34. The molecule has 2 aromatic rings. The number of nitrogens with zero attached hydrogens (tertiary/aromatic N) is 1. The van der Waals surface area contributed by atoms with Gasteiger partial charge < -0.3 is 4.90 Å². The Hall–Kier alpha value is -1.61. The first-order valence-electron chi connectivity index (χ1n) is 7.91. The van der Waals surface area contributed by atoms with Crippen LogP contribution in [-0.2, 0) is 21.2 Å². The number of carbonyl (C=O) groups excluding carboxylic acids is 1. The van der Waals surface area contributed by atoms with Crippen molar-refractivity contribution in [3.8, 4) is 0 Å². The number of sulfonamides is 1. The van der Waals surface area contributed by atoms with E-state index in [-0.39, 0.29) is 16.8 Å². The Morgan fingerprint density at radius 1 is 1.24 bits per heavy atom. The molecule has 1 heterocycles. The van der Waals surface area contributed by atoms with Crippen LogP contribution < -0.4 is 9.62 Å². The second-order valence-electron chi connectivity index (χ2n) is 6.30. The number of fused-ring (bicyclic) bond motifs is 1. The lowest BCUT2D eigenvalue weighted by molar-refractivity contribution is -0.116. The molecule has 132 valence electrons. The number of benzene rings is 2. The van der Waals surface area contributed by atoms with Gasteiger partial charge in [-0.15, -0.1) is 0 Å². The van der Waals surface area contributed by atoms with Gasteiger partial charge in [-0.05, 0) is 84.3 Å². The predicted octanol–water partition coefficient (Wildman–Crippen LogP) is 3.70. The molecule has 1 unspecified atom stereocenters. The fourth-order valence-corrected chi connectivity index (χ4v) is 4.74. The van der Waals surface area contributed by atoms with Gasteiger partial charge >= 0.3 is 0 Å². The van der Waals surface area contributed by atoms with Crippen molar-refractivity contribution in [2.75, 3.05) is 9.62 Å². The van der Waals surface area contributed by atoms with E-state index in [1.165, 1.54) is 6.92 Å². The minimum atomic E-state index is -3.68. The van der Waals surface area contributed by atoms with Crippen LogP contribution in [0.1, 0.15) is 25.0 Å². The van der Waals surface area contributed by atoms with Crippen molar-refractivity contribution in [1.82, 2.24) is 0 Å². The number of rotatable bonds is 3. The number of hydrogen-bond donors (Lipinski definition) is 1. The van der Waals surface area contributed by atoms with Crippen molar-refractivity contribution >= 4 is 49.9 Å². The molecule has 0 spiro atoms. The lowest BCUT2D eigenvalue weighted by atomic mass is 10.1. The molecule has 0 radical (unpaired) electrons. The Morgan fingerprint density at radius 3 is 2.60 bits per heavy atom. The average molecular weight is 470 g/mol. The SMILES string of the molecule is CC(=O)N1c2ccc(S(=O)(=O)Nc3ccc(C)c(I)c3)cc2CC1C. The third-order valence-electron chi connectivity index (χ3n) is 4.34.